The van der Waals surface area contributed by atoms with Gasteiger partial charge in [0.05, 0.1) is 12.6 Å². The molecule has 0 aromatic carbocycles. The van der Waals surface area contributed by atoms with Crippen LogP contribution in [0.1, 0.15) is 60.3 Å². The number of nitrogens with one attached hydrogen (secondary N) is 2. The van der Waals surface area contributed by atoms with Gasteiger partial charge in [-0.2, -0.15) is 0 Å². The minimum absolute atomic E-state index is 0. The van der Waals surface area contributed by atoms with Gasteiger partial charge in [0.1, 0.15) is 5.60 Å². The molecule has 0 bridgehead atoms. The van der Waals surface area contributed by atoms with E-state index < -0.39 is 11.7 Å². The zero-order valence-electron chi connectivity index (χ0n) is 17.0. The Labute approximate surface area is 175 Å². The lowest BCUT2D eigenvalue weighted by Gasteiger charge is -2.24. The van der Waals surface area contributed by atoms with Gasteiger partial charge in [0.25, 0.3) is 0 Å². The summed E-state index contributed by atoms with van der Waals surface area (Å²) >= 11 is 0. The Morgan fingerprint density at radius 2 is 2.08 bits per heavy atom. The molecule has 26 heavy (non-hydrogen) atoms. The van der Waals surface area contributed by atoms with Gasteiger partial charge in [0.15, 0.2) is 5.96 Å². The van der Waals surface area contributed by atoms with E-state index in [1.54, 1.807) is 0 Å². The second kappa shape index (κ2) is 12.6. The van der Waals surface area contributed by atoms with Crippen LogP contribution in [0.3, 0.4) is 0 Å². The largest absolute Gasteiger partial charge is 0.444 e. The van der Waals surface area contributed by atoms with E-state index in [9.17, 15) is 4.79 Å². The molecule has 0 saturated carbocycles. The van der Waals surface area contributed by atoms with Crippen molar-refractivity contribution in [3.8, 4) is 0 Å². The zero-order valence-corrected chi connectivity index (χ0v) is 19.3. The average molecular weight is 483 g/mol. The summed E-state index contributed by atoms with van der Waals surface area (Å²) in [5.41, 5.74) is 5.49. The quantitative estimate of drug-likeness (QED) is 0.281. The number of likely N-dealkylation sites (N-methyl/N-ethyl adjacent to an activating group) is 1. The summed E-state index contributed by atoms with van der Waals surface area (Å²) in [6, 6.07) is 0.462. The number of nitrogens with zero attached hydrogens (tertiary/aromatic N) is 2. The van der Waals surface area contributed by atoms with E-state index in [0.29, 0.717) is 18.5 Å². The molecular formula is C18H38IN5O2. The summed E-state index contributed by atoms with van der Waals surface area (Å²) in [6.45, 7) is 13.3. The lowest BCUT2D eigenvalue weighted by molar-refractivity contribution is 0.0503. The summed E-state index contributed by atoms with van der Waals surface area (Å²) in [6.07, 6.45) is 3.83. The van der Waals surface area contributed by atoms with Crippen molar-refractivity contribution in [3.05, 3.63) is 0 Å². The number of aliphatic imine (C=N–C) groups is 1. The average Bonchev–Trinajstić information content (AvgIpc) is 2.96. The molecule has 1 amide bonds. The molecule has 7 nitrogen and oxygen atoms in total. The van der Waals surface area contributed by atoms with Crippen LogP contribution in [0.25, 0.3) is 0 Å². The molecule has 8 heteroatoms. The highest BCUT2D eigenvalue weighted by Crippen LogP contribution is 2.15. The lowest BCUT2D eigenvalue weighted by atomic mass is 10.1. The summed E-state index contributed by atoms with van der Waals surface area (Å²) in [4.78, 5) is 18.8. The lowest BCUT2D eigenvalue weighted by Crippen LogP contribution is -2.44. The number of hydrogen-bond acceptors (Lipinski definition) is 4. The standard InChI is InChI=1S/C18H37N5O2.HI/c1-6-9-14(22-17(24)25-18(3,4)5)12-20-16(19)21-13-15-10-8-11-23(15)7-2;/h14-15H,6-13H2,1-5H3,(H,22,24)(H3,19,20,21);1H. The minimum atomic E-state index is -0.503. The van der Waals surface area contributed by atoms with Gasteiger partial charge in [-0.3, -0.25) is 9.89 Å². The van der Waals surface area contributed by atoms with Crippen molar-refractivity contribution in [1.29, 1.82) is 0 Å². The van der Waals surface area contributed by atoms with Crippen molar-refractivity contribution in [2.75, 3.05) is 26.2 Å². The molecule has 0 aromatic rings. The molecule has 1 aliphatic rings. The molecule has 1 fully saturated rings. The molecule has 4 N–H and O–H groups in total. The predicted molar refractivity (Wildman–Crippen MR) is 118 cm³/mol. The van der Waals surface area contributed by atoms with Crippen LogP contribution in [0, 0.1) is 0 Å². The van der Waals surface area contributed by atoms with E-state index in [1.807, 2.05) is 20.8 Å². The van der Waals surface area contributed by atoms with Crippen molar-refractivity contribution < 1.29 is 9.53 Å². The van der Waals surface area contributed by atoms with Crippen LogP contribution < -0.4 is 16.4 Å². The number of amides is 1. The number of carbonyl (C=O) groups excluding carboxylic acids is 1. The van der Waals surface area contributed by atoms with Crippen LogP contribution in [0.5, 0.6) is 0 Å². The maximum Gasteiger partial charge on any atom is 0.407 e. The number of guanidine groups is 1. The summed E-state index contributed by atoms with van der Waals surface area (Å²) in [7, 11) is 0. The molecule has 0 aromatic heterocycles. The van der Waals surface area contributed by atoms with E-state index in [1.165, 1.54) is 12.8 Å². The SMILES string of the molecule is CCCC(CN=C(N)NCC1CCCN1CC)NC(=O)OC(C)(C)C.I. The fourth-order valence-electron chi connectivity index (χ4n) is 3.06. The van der Waals surface area contributed by atoms with Crippen molar-refractivity contribution >= 4 is 36.0 Å². The molecule has 154 valence electrons. The Kier molecular flexibility index (Phi) is 12.2. The molecule has 0 aliphatic carbocycles. The van der Waals surface area contributed by atoms with Gasteiger partial charge in [-0.05, 0) is 53.1 Å². The molecule has 2 unspecified atom stereocenters. The highest BCUT2D eigenvalue weighted by molar-refractivity contribution is 14.0. The second-order valence-electron chi connectivity index (χ2n) is 7.66. The fraction of sp³-hybridized carbons (Fsp3) is 0.889. The monoisotopic (exact) mass is 483 g/mol. The summed E-state index contributed by atoms with van der Waals surface area (Å²) in [5, 5.41) is 6.10. The van der Waals surface area contributed by atoms with Crippen LogP contribution in [-0.2, 0) is 4.74 Å². The van der Waals surface area contributed by atoms with E-state index in [0.717, 1.165) is 32.5 Å². The molecular weight excluding hydrogens is 445 g/mol. The zero-order chi connectivity index (χ0) is 18.9. The number of nitrogens with two attached hydrogens (primary N) is 1. The van der Waals surface area contributed by atoms with Gasteiger partial charge < -0.3 is 21.1 Å². The van der Waals surface area contributed by atoms with Crippen molar-refractivity contribution in [2.24, 2.45) is 10.7 Å². The number of hydrogen-bond donors (Lipinski definition) is 3. The fourth-order valence-corrected chi connectivity index (χ4v) is 3.06. The molecule has 0 spiro atoms. The highest BCUT2D eigenvalue weighted by atomic mass is 127. The van der Waals surface area contributed by atoms with Gasteiger partial charge >= 0.3 is 6.09 Å². The van der Waals surface area contributed by atoms with E-state index >= 15 is 0 Å². The molecule has 1 aliphatic heterocycles. The number of rotatable bonds is 8. The van der Waals surface area contributed by atoms with Gasteiger partial charge in [0, 0.05) is 12.6 Å². The Bertz CT molecular complexity index is 440. The molecule has 1 saturated heterocycles. The molecule has 0 radical (unpaired) electrons. The Hall–Kier alpha value is -0.770. The van der Waals surface area contributed by atoms with E-state index in [2.05, 4.69) is 34.4 Å². The van der Waals surface area contributed by atoms with Gasteiger partial charge in [-0.25, -0.2) is 4.79 Å². The van der Waals surface area contributed by atoms with Crippen molar-refractivity contribution in [1.82, 2.24) is 15.5 Å². The van der Waals surface area contributed by atoms with Crippen LogP contribution in [0.4, 0.5) is 4.79 Å². The predicted octanol–water partition coefficient (Wildman–Crippen LogP) is 2.69. The highest BCUT2D eigenvalue weighted by Gasteiger charge is 2.22. The number of halogens is 1. The third-order valence-electron chi connectivity index (χ3n) is 4.26. The summed E-state index contributed by atoms with van der Waals surface area (Å²) in [5.74, 6) is 0.440. The van der Waals surface area contributed by atoms with Crippen LogP contribution in [-0.4, -0.2) is 60.8 Å². The van der Waals surface area contributed by atoms with Crippen LogP contribution in [0.15, 0.2) is 4.99 Å². The van der Waals surface area contributed by atoms with E-state index in [-0.39, 0.29) is 30.0 Å². The van der Waals surface area contributed by atoms with Crippen molar-refractivity contribution in [3.63, 3.8) is 0 Å². The first kappa shape index (κ1) is 25.2. The topological polar surface area (TPSA) is 92.0 Å². The van der Waals surface area contributed by atoms with E-state index in [4.69, 9.17) is 10.5 Å². The van der Waals surface area contributed by atoms with Gasteiger partial charge in [-0.1, -0.05) is 20.3 Å². The van der Waals surface area contributed by atoms with Crippen LogP contribution in [0.2, 0.25) is 0 Å². The van der Waals surface area contributed by atoms with Gasteiger partial charge in [0.2, 0.25) is 0 Å². The number of likely N-dealkylation sites (tertiary alicyclic amines) is 1. The maximum absolute atomic E-state index is 11.9. The molecule has 1 rings (SSSR count). The Morgan fingerprint density at radius 1 is 1.38 bits per heavy atom. The third kappa shape index (κ3) is 10.4. The number of ether oxygens (including phenoxy) is 1. The first-order chi connectivity index (χ1) is 11.7. The van der Waals surface area contributed by atoms with Gasteiger partial charge in [-0.15, -0.1) is 24.0 Å². The second-order valence-corrected chi connectivity index (χ2v) is 7.66. The van der Waals surface area contributed by atoms with Crippen LogP contribution >= 0.6 is 24.0 Å². The maximum atomic E-state index is 11.9. The Morgan fingerprint density at radius 3 is 2.65 bits per heavy atom. The first-order valence-electron chi connectivity index (χ1n) is 9.52. The molecule has 1 heterocycles. The number of carbonyl (C=O) groups is 1. The van der Waals surface area contributed by atoms with Crippen molar-refractivity contribution in [2.45, 2.75) is 78.0 Å². The molecule has 2 atom stereocenters. The third-order valence-corrected chi connectivity index (χ3v) is 4.26. The summed E-state index contributed by atoms with van der Waals surface area (Å²) < 4.78 is 5.31. The number of alkyl carbamates (subject to hydrolysis) is 1. The normalized spacial score (nSPS) is 19.6. The minimum Gasteiger partial charge on any atom is -0.444 e. The first-order valence-corrected chi connectivity index (χ1v) is 9.52. The Balaban J connectivity index is 0.00000625. The smallest absolute Gasteiger partial charge is 0.407 e.